The first-order chi connectivity index (χ1) is 13.4. The van der Waals surface area contributed by atoms with Gasteiger partial charge in [-0.15, -0.1) is 0 Å². The first kappa shape index (κ1) is 20.4. The van der Waals surface area contributed by atoms with Crippen LogP contribution in [-0.2, 0) is 19.4 Å². The Labute approximate surface area is 175 Å². The van der Waals surface area contributed by atoms with E-state index in [4.69, 9.17) is 21.4 Å². The predicted octanol–water partition coefficient (Wildman–Crippen LogP) is 6.30. The molecule has 0 saturated heterocycles. The second-order valence-corrected chi connectivity index (χ2v) is 7.59. The molecule has 0 saturated carbocycles. The predicted molar refractivity (Wildman–Crippen MR) is 111 cm³/mol. The summed E-state index contributed by atoms with van der Waals surface area (Å²) >= 11 is 9.69. The van der Waals surface area contributed by atoms with Crippen molar-refractivity contribution in [1.82, 2.24) is 0 Å². The minimum Gasteiger partial charge on any atom is -0.487 e. The molecular weight excluding hydrogens is 447 g/mol. The van der Waals surface area contributed by atoms with Crippen LogP contribution in [0.3, 0.4) is 0 Å². The van der Waals surface area contributed by atoms with Crippen LogP contribution >= 0.6 is 27.5 Å². The van der Waals surface area contributed by atoms with Gasteiger partial charge < -0.3 is 9.84 Å². The number of benzene rings is 3. The summed E-state index contributed by atoms with van der Waals surface area (Å²) in [6.07, 6.45) is 1.35. The number of aryl methyl sites for hydroxylation is 2. The molecule has 144 valence electrons. The lowest BCUT2D eigenvalue weighted by Gasteiger charge is -2.14. The summed E-state index contributed by atoms with van der Waals surface area (Å²) in [4.78, 5) is 11.0. The van der Waals surface area contributed by atoms with Crippen LogP contribution in [0, 0.1) is 5.82 Å². The smallest absolute Gasteiger partial charge is 0.335 e. The zero-order valence-electron chi connectivity index (χ0n) is 14.8. The number of rotatable bonds is 7. The van der Waals surface area contributed by atoms with Gasteiger partial charge in [-0.2, -0.15) is 0 Å². The zero-order valence-corrected chi connectivity index (χ0v) is 17.1. The highest BCUT2D eigenvalue weighted by molar-refractivity contribution is 9.10. The summed E-state index contributed by atoms with van der Waals surface area (Å²) in [5.41, 5.74) is 2.92. The third-order valence-corrected chi connectivity index (χ3v) is 5.05. The molecule has 0 aliphatic carbocycles. The Morgan fingerprint density at radius 3 is 2.46 bits per heavy atom. The van der Waals surface area contributed by atoms with E-state index in [2.05, 4.69) is 15.9 Å². The van der Waals surface area contributed by atoms with Crippen LogP contribution in [0.4, 0.5) is 4.39 Å². The molecule has 6 heteroatoms. The topological polar surface area (TPSA) is 46.5 Å². The quantitative estimate of drug-likeness (QED) is 0.447. The maximum atomic E-state index is 13.4. The van der Waals surface area contributed by atoms with Crippen molar-refractivity contribution in [3.63, 3.8) is 0 Å². The molecule has 0 atom stereocenters. The molecule has 0 bridgehead atoms. The van der Waals surface area contributed by atoms with E-state index < -0.39 is 5.97 Å². The van der Waals surface area contributed by atoms with Crippen LogP contribution in [0.1, 0.15) is 27.0 Å². The molecule has 0 aliphatic rings. The highest BCUT2D eigenvalue weighted by Gasteiger charge is 2.12. The molecule has 0 aromatic heterocycles. The monoisotopic (exact) mass is 462 g/mol. The SMILES string of the molecule is O=C(O)c1ccc(CCc2cc(Cl)cc(Br)c2OCc2cccc(F)c2)cc1. The number of carboxylic acids is 1. The van der Waals surface area contributed by atoms with Gasteiger partial charge in [0.2, 0.25) is 0 Å². The van der Waals surface area contributed by atoms with Gasteiger partial charge in [-0.25, -0.2) is 9.18 Å². The van der Waals surface area contributed by atoms with Gasteiger partial charge in [0.25, 0.3) is 0 Å². The summed E-state index contributed by atoms with van der Waals surface area (Å²) in [6, 6.07) is 16.7. The lowest BCUT2D eigenvalue weighted by atomic mass is 10.0. The van der Waals surface area contributed by atoms with E-state index in [1.165, 1.54) is 12.1 Å². The van der Waals surface area contributed by atoms with Crippen molar-refractivity contribution in [2.24, 2.45) is 0 Å². The number of hydrogen-bond acceptors (Lipinski definition) is 2. The molecule has 3 aromatic rings. The molecule has 0 radical (unpaired) electrons. The van der Waals surface area contributed by atoms with E-state index in [9.17, 15) is 9.18 Å². The Kier molecular flexibility index (Phi) is 6.70. The third kappa shape index (κ3) is 5.33. The van der Waals surface area contributed by atoms with Crippen molar-refractivity contribution in [3.8, 4) is 5.75 Å². The van der Waals surface area contributed by atoms with E-state index >= 15 is 0 Å². The van der Waals surface area contributed by atoms with Crippen molar-refractivity contribution >= 4 is 33.5 Å². The van der Waals surface area contributed by atoms with Crippen LogP contribution in [-0.4, -0.2) is 11.1 Å². The number of halogens is 3. The lowest BCUT2D eigenvalue weighted by Crippen LogP contribution is -2.02. The molecule has 1 N–H and O–H groups in total. The van der Waals surface area contributed by atoms with Crippen LogP contribution in [0.15, 0.2) is 65.1 Å². The Morgan fingerprint density at radius 2 is 1.79 bits per heavy atom. The lowest BCUT2D eigenvalue weighted by molar-refractivity contribution is 0.0697. The Bertz CT molecular complexity index is 990. The van der Waals surface area contributed by atoms with E-state index in [-0.39, 0.29) is 18.0 Å². The number of ether oxygens (including phenoxy) is 1. The minimum absolute atomic E-state index is 0.234. The van der Waals surface area contributed by atoms with Crippen molar-refractivity contribution in [2.75, 3.05) is 0 Å². The van der Waals surface area contributed by atoms with Crippen molar-refractivity contribution < 1.29 is 19.0 Å². The first-order valence-electron chi connectivity index (χ1n) is 8.60. The molecule has 3 nitrogen and oxygen atoms in total. The first-order valence-corrected chi connectivity index (χ1v) is 9.77. The van der Waals surface area contributed by atoms with E-state index in [1.807, 2.05) is 6.07 Å². The van der Waals surface area contributed by atoms with Crippen molar-refractivity contribution in [2.45, 2.75) is 19.4 Å². The highest BCUT2D eigenvalue weighted by atomic mass is 79.9. The van der Waals surface area contributed by atoms with E-state index in [0.717, 1.165) is 21.2 Å². The normalized spacial score (nSPS) is 10.7. The molecule has 0 unspecified atom stereocenters. The van der Waals surface area contributed by atoms with E-state index in [0.29, 0.717) is 23.6 Å². The molecule has 0 amide bonds. The average Bonchev–Trinajstić information content (AvgIpc) is 2.65. The Balaban J connectivity index is 1.75. The average molecular weight is 464 g/mol. The molecule has 28 heavy (non-hydrogen) atoms. The van der Waals surface area contributed by atoms with Gasteiger partial charge in [-0.3, -0.25) is 0 Å². The second-order valence-electron chi connectivity index (χ2n) is 6.30. The molecule has 0 aliphatic heterocycles. The van der Waals surface area contributed by atoms with Gasteiger partial charge in [0.05, 0.1) is 10.0 Å². The Hall–Kier alpha value is -2.37. The van der Waals surface area contributed by atoms with Crippen LogP contribution in [0.25, 0.3) is 0 Å². The summed E-state index contributed by atoms with van der Waals surface area (Å²) < 4.78 is 20.1. The molecule has 3 aromatic carbocycles. The highest BCUT2D eigenvalue weighted by Crippen LogP contribution is 2.34. The standard InChI is InChI=1S/C22H17BrClFO3/c23-20-12-18(24)11-17(9-6-14-4-7-16(8-5-14)22(26)27)21(20)28-13-15-2-1-3-19(25)10-15/h1-5,7-8,10-12H,6,9,13H2,(H,26,27). The number of aromatic carboxylic acids is 1. The van der Waals surface area contributed by atoms with Gasteiger partial charge in [-0.1, -0.05) is 35.9 Å². The third-order valence-electron chi connectivity index (χ3n) is 4.24. The van der Waals surface area contributed by atoms with Gasteiger partial charge in [0.15, 0.2) is 0 Å². The van der Waals surface area contributed by atoms with Crippen LogP contribution in [0.5, 0.6) is 5.75 Å². The van der Waals surface area contributed by atoms with Gasteiger partial charge >= 0.3 is 5.97 Å². The van der Waals surface area contributed by atoms with Gasteiger partial charge in [0, 0.05) is 5.02 Å². The molecule has 0 fully saturated rings. The summed E-state index contributed by atoms with van der Waals surface area (Å²) in [6.45, 7) is 0.234. The molecular formula is C22H17BrClFO3. The second kappa shape index (κ2) is 9.22. The summed E-state index contributed by atoms with van der Waals surface area (Å²) in [7, 11) is 0. The molecule has 3 rings (SSSR count). The minimum atomic E-state index is -0.946. The van der Waals surface area contributed by atoms with Gasteiger partial charge in [0.1, 0.15) is 18.2 Å². The number of carbonyl (C=O) groups is 1. The molecule has 0 heterocycles. The zero-order chi connectivity index (χ0) is 20.1. The van der Waals surface area contributed by atoms with Crippen molar-refractivity contribution in [3.05, 3.63) is 98.2 Å². The molecule has 0 spiro atoms. The number of hydrogen-bond donors (Lipinski definition) is 1. The summed E-state index contributed by atoms with van der Waals surface area (Å²) in [5.74, 6) is -0.588. The number of carboxylic acid groups (broad SMARTS) is 1. The van der Waals surface area contributed by atoms with Crippen LogP contribution < -0.4 is 4.74 Å². The Morgan fingerprint density at radius 1 is 1.04 bits per heavy atom. The largest absolute Gasteiger partial charge is 0.487 e. The maximum absolute atomic E-state index is 13.4. The fourth-order valence-electron chi connectivity index (χ4n) is 2.84. The summed E-state index contributed by atoms with van der Waals surface area (Å²) in [5, 5.41) is 9.58. The fourth-order valence-corrected chi connectivity index (χ4v) is 3.82. The van der Waals surface area contributed by atoms with Gasteiger partial charge in [-0.05, 0) is 81.9 Å². The maximum Gasteiger partial charge on any atom is 0.335 e. The fraction of sp³-hybridized carbons (Fsp3) is 0.136. The van der Waals surface area contributed by atoms with E-state index in [1.54, 1.807) is 42.5 Å². The van der Waals surface area contributed by atoms with Crippen LogP contribution in [0.2, 0.25) is 5.02 Å². The van der Waals surface area contributed by atoms with Crippen molar-refractivity contribution in [1.29, 1.82) is 0 Å².